The van der Waals surface area contributed by atoms with Crippen LogP contribution in [0.5, 0.6) is 5.75 Å². The molecule has 116 valence electrons. The minimum Gasteiger partial charge on any atom is -0.495 e. The highest BCUT2D eigenvalue weighted by Crippen LogP contribution is 2.22. The van der Waals surface area contributed by atoms with Crippen LogP contribution in [0, 0.1) is 5.92 Å². The lowest BCUT2D eigenvalue weighted by Crippen LogP contribution is -2.29. The summed E-state index contributed by atoms with van der Waals surface area (Å²) in [5, 5.41) is 5.83. The van der Waals surface area contributed by atoms with Gasteiger partial charge in [0.25, 0.3) is 0 Å². The standard InChI is InChI=1S/C15H24N4O2/c1-11(2)14(20)17-9-6-10-18-15(16)19-12-7-4-5-8-13(12)21-3/h4-5,7-8,11H,6,9-10H2,1-3H3,(H,17,20)(H3,16,18,19). The topological polar surface area (TPSA) is 88.7 Å². The molecule has 0 bridgehead atoms. The van der Waals surface area contributed by atoms with Crippen LogP contribution in [-0.4, -0.2) is 32.1 Å². The molecule has 0 spiro atoms. The minimum atomic E-state index is 0.00535. The van der Waals surface area contributed by atoms with Gasteiger partial charge in [-0.05, 0) is 18.6 Å². The molecular formula is C15H24N4O2. The van der Waals surface area contributed by atoms with Crippen molar-refractivity contribution in [3.63, 3.8) is 0 Å². The quantitative estimate of drug-likeness (QED) is 0.404. The summed E-state index contributed by atoms with van der Waals surface area (Å²) in [4.78, 5) is 15.6. The molecule has 0 unspecified atom stereocenters. The molecule has 1 amide bonds. The second-order valence-corrected chi connectivity index (χ2v) is 4.89. The zero-order valence-corrected chi connectivity index (χ0v) is 12.8. The fourth-order valence-corrected chi connectivity index (χ4v) is 1.62. The number of nitrogens with one attached hydrogen (secondary N) is 2. The fraction of sp³-hybridized carbons (Fsp3) is 0.467. The highest BCUT2D eigenvalue weighted by Gasteiger charge is 2.05. The number of nitrogens with zero attached hydrogens (tertiary/aromatic N) is 1. The normalized spacial score (nSPS) is 11.3. The number of hydrogen-bond donors (Lipinski definition) is 3. The van der Waals surface area contributed by atoms with Crippen molar-refractivity contribution in [2.45, 2.75) is 20.3 Å². The molecule has 6 nitrogen and oxygen atoms in total. The summed E-state index contributed by atoms with van der Waals surface area (Å²) in [5.74, 6) is 1.10. The molecule has 0 saturated heterocycles. The van der Waals surface area contributed by atoms with Crippen LogP contribution >= 0.6 is 0 Å². The van der Waals surface area contributed by atoms with Crippen LogP contribution in [0.1, 0.15) is 20.3 Å². The highest BCUT2D eigenvalue weighted by molar-refractivity contribution is 5.93. The number of rotatable bonds is 7. The number of guanidine groups is 1. The van der Waals surface area contributed by atoms with Crippen LogP contribution in [0.2, 0.25) is 0 Å². The monoisotopic (exact) mass is 292 g/mol. The first-order valence-electron chi connectivity index (χ1n) is 7.02. The number of carbonyl (C=O) groups is 1. The van der Waals surface area contributed by atoms with E-state index in [0.717, 1.165) is 12.1 Å². The summed E-state index contributed by atoms with van der Waals surface area (Å²) >= 11 is 0. The van der Waals surface area contributed by atoms with Gasteiger partial charge in [-0.15, -0.1) is 0 Å². The third-order valence-corrected chi connectivity index (χ3v) is 2.81. The number of benzene rings is 1. The number of ether oxygens (including phenoxy) is 1. The first-order chi connectivity index (χ1) is 10.0. The van der Waals surface area contributed by atoms with Crippen LogP contribution in [0.4, 0.5) is 5.69 Å². The van der Waals surface area contributed by atoms with Crippen LogP contribution in [0.3, 0.4) is 0 Å². The maximum absolute atomic E-state index is 11.4. The Hall–Kier alpha value is -2.24. The zero-order chi connectivity index (χ0) is 15.7. The smallest absolute Gasteiger partial charge is 0.222 e. The average molecular weight is 292 g/mol. The van der Waals surface area contributed by atoms with Gasteiger partial charge in [0.1, 0.15) is 5.75 Å². The zero-order valence-electron chi connectivity index (χ0n) is 12.8. The molecular weight excluding hydrogens is 268 g/mol. The van der Waals surface area contributed by atoms with Crippen molar-refractivity contribution in [3.8, 4) is 5.75 Å². The van der Waals surface area contributed by atoms with E-state index < -0.39 is 0 Å². The predicted molar refractivity (Wildman–Crippen MR) is 85.6 cm³/mol. The van der Waals surface area contributed by atoms with Gasteiger partial charge in [0, 0.05) is 19.0 Å². The lowest BCUT2D eigenvalue weighted by molar-refractivity contribution is -0.123. The first kappa shape index (κ1) is 16.8. The van der Waals surface area contributed by atoms with E-state index in [1.165, 1.54) is 0 Å². The Kier molecular flexibility index (Phi) is 7.08. The van der Waals surface area contributed by atoms with Crippen LogP contribution in [0.15, 0.2) is 29.3 Å². The summed E-state index contributed by atoms with van der Waals surface area (Å²) in [6.45, 7) is 4.88. The van der Waals surface area contributed by atoms with Gasteiger partial charge in [-0.2, -0.15) is 0 Å². The first-order valence-corrected chi connectivity index (χ1v) is 7.02. The van der Waals surface area contributed by atoms with E-state index in [0.29, 0.717) is 24.8 Å². The Morgan fingerprint density at radius 3 is 2.76 bits per heavy atom. The molecule has 0 saturated carbocycles. The molecule has 0 radical (unpaired) electrons. The van der Waals surface area contributed by atoms with Crippen LogP contribution < -0.4 is 21.1 Å². The van der Waals surface area contributed by atoms with Crippen LogP contribution in [0.25, 0.3) is 0 Å². The molecule has 1 aromatic carbocycles. The number of carbonyl (C=O) groups excluding carboxylic acids is 1. The maximum Gasteiger partial charge on any atom is 0.222 e. The number of para-hydroxylation sites is 2. The van der Waals surface area contributed by atoms with E-state index in [1.807, 2.05) is 38.1 Å². The van der Waals surface area contributed by atoms with Gasteiger partial charge >= 0.3 is 0 Å². The van der Waals surface area contributed by atoms with Gasteiger partial charge in [-0.3, -0.25) is 9.79 Å². The van der Waals surface area contributed by atoms with Gasteiger partial charge in [-0.1, -0.05) is 26.0 Å². The van der Waals surface area contributed by atoms with E-state index in [2.05, 4.69) is 15.6 Å². The molecule has 0 heterocycles. The molecule has 0 aliphatic heterocycles. The number of methoxy groups -OCH3 is 1. The van der Waals surface area contributed by atoms with Gasteiger partial charge < -0.3 is 21.1 Å². The Balaban J connectivity index is 2.35. The van der Waals surface area contributed by atoms with E-state index in [9.17, 15) is 4.79 Å². The van der Waals surface area contributed by atoms with Gasteiger partial charge in [0.2, 0.25) is 5.91 Å². The van der Waals surface area contributed by atoms with Gasteiger partial charge in [-0.25, -0.2) is 0 Å². The Morgan fingerprint density at radius 1 is 1.38 bits per heavy atom. The Morgan fingerprint density at radius 2 is 2.10 bits per heavy atom. The predicted octanol–water partition coefficient (Wildman–Crippen LogP) is 1.58. The number of nitrogens with two attached hydrogens (primary N) is 1. The Bertz CT molecular complexity index is 486. The van der Waals surface area contributed by atoms with E-state index >= 15 is 0 Å². The largest absolute Gasteiger partial charge is 0.495 e. The number of amides is 1. The SMILES string of the molecule is COc1ccccc1NC(N)=NCCCNC(=O)C(C)C. The third kappa shape index (κ3) is 6.16. The van der Waals surface area contributed by atoms with Gasteiger partial charge in [0.05, 0.1) is 12.8 Å². The highest BCUT2D eigenvalue weighted by atomic mass is 16.5. The second-order valence-electron chi connectivity index (χ2n) is 4.89. The number of aliphatic imine (C=N–C) groups is 1. The van der Waals surface area contributed by atoms with E-state index in [4.69, 9.17) is 10.5 Å². The summed E-state index contributed by atoms with van der Waals surface area (Å²) < 4.78 is 5.22. The molecule has 1 rings (SSSR count). The average Bonchev–Trinajstić information content (AvgIpc) is 2.47. The third-order valence-electron chi connectivity index (χ3n) is 2.81. The van der Waals surface area contributed by atoms with E-state index in [1.54, 1.807) is 7.11 Å². The van der Waals surface area contributed by atoms with Gasteiger partial charge in [0.15, 0.2) is 5.96 Å². The molecule has 0 aliphatic carbocycles. The summed E-state index contributed by atoms with van der Waals surface area (Å²) in [7, 11) is 1.60. The summed E-state index contributed by atoms with van der Waals surface area (Å²) in [5.41, 5.74) is 6.59. The number of anilines is 1. The molecule has 21 heavy (non-hydrogen) atoms. The van der Waals surface area contributed by atoms with Crippen molar-refractivity contribution in [1.29, 1.82) is 0 Å². The molecule has 4 N–H and O–H groups in total. The molecule has 6 heteroatoms. The van der Waals surface area contributed by atoms with E-state index in [-0.39, 0.29) is 11.8 Å². The minimum absolute atomic E-state index is 0.00535. The molecule has 0 aromatic heterocycles. The molecule has 0 aliphatic rings. The molecule has 1 aromatic rings. The maximum atomic E-state index is 11.4. The summed E-state index contributed by atoms with van der Waals surface area (Å²) in [6.07, 6.45) is 0.743. The fourth-order valence-electron chi connectivity index (χ4n) is 1.62. The Labute approximate surface area is 125 Å². The van der Waals surface area contributed by atoms with Crippen LogP contribution in [-0.2, 0) is 4.79 Å². The van der Waals surface area contributed by atoms with Crippen molar-refractivity contribution >= 4 is 17.6 Å². The lowest BCUT2D eigenvalue weighted by Gasteiger charge is -2.10. The lowest BCUT2D eigenvalue weighted by atomic mass is 10.2. The van der Waals surface area contributed by atoms with Crippen molar-refractivity contribution < 1.29 is 9.53 Å². The second kappa shape index (κ2) is 8.84. The van der Waals surface area contributed by atoms with Crippen molar-refractivity contribution in [2.75, 3.05) is 25.5 Å². The van der Waals surface area contributed by atoms with Crippen molar-refractivity contribution in [1.82, 2.24) is 5.32 Å². The molecule has 0 fully saturated rings. The number of hydrogen-bond acceptors (Lipinski definition) is 3. The summed E-state index contributed by atoms with van der Waals surface area (Å²) in [6, 6.07) is 7.48. The molecule has 0 atom stereocenters. The van der Waals surface area contributed by atoms with Crippen molar-refractivity contribution in [2.24, 2.45) is 16.6 Å². The van der Waals surface area contributed by atoms with Crippen molar-refractivity contribution in [3.05, 3.63) is 24.3 Å².